The van der Waals surface area contributed by atoms with E-state index in [-0.39, 0.29) is 65.8 Å². The van der Waals surface area contributed by atoms with Crippen molar-refractivity contribution in [3.05, 3.63) is 101 Å². The van der Waals surface area contributed by atoms with E-state index in [1.807, 2.05) is 6.07 Å². The van der Waals surface area contributed by atoms with Crippen LogP contribution in [0.3, 0.4) is 0 Å². The zero-order chi connectivity index (χ0) is 34.8. The van der Waals surface area contributed by atoms with Crippen LogP contribution in [0.25, 0.3) is 11.3 Å². The van der Waals surface area contributed by atoms with Crippen molar-refractivity contribution in [1.29, 1.82) is 0 Å². The van der Waals surface area contributed by atoms with Gasteiger partial charge in [0.1, 0.15) is 0 Å². The Morgan fingerprint density at radius 3 is 2.29 bits per heavy atom. The molecule has 0 bridgehead atoms. The summed E-state index contributed by atoms with van der Waals surface area (Å²) in [7, 11) is 0. The van der Waals surface area contributed by atoms with E-state index in [2.05, 4.69) is 30.8 Å². The number of carbonyl (C=O) groups excluding carboxylic acids is 3. The van der Waals surface area contributed by atoms with E-state index in [0.717, 1.165) is 50.2 Å². The number of amides is 3. The molecule has 0 saturated carbocycles. The first-order valence-corrected chi connectivity index (χ1v) is 15.7. The topological polar surface area (TPSA) is 146 Å². The van der Waals surface area contributed by atoms with E-state index >= 15 is 0 Å². The number of aromatic nitrogens is 2. The summed E-state index contributed by atoms with van der Waals surface area (Å²) in [5, 5.41) is 16.9. The van der Waals surface area contributed by atoms with Crippen molar-refractivity contribution in [2.45, 2.75) is 25.4 Å². The van der Waals surface area contributed by atoms with Gasteiger partial charge in [0.25, 0.3) is 17.7 Å². The Labute approximate surface area is 280 Å². The minimum absolute atomic E-state index is 0.0573. The number of nitrogens with one attached hydrogen (secondary N) is 3. The highest BCUT2D eigenvalue weighted by Crippen LogP contribution is 2.32. The Bertz CT molecular complexity index is 1780. The predicted molar refractivity (Wildman–Crippen MR) is 178 cm³/mol. The van der Waals surface area contributed by atoms with Crippen LogP contribution in [0, 0.1) is 0 Å². The van der Waals surface area contributed by atoms with Gasteiger partial charge in [0.05, 0.1) is 54.7 Å². The van der Waals surface area contributed by atoms with Crippen LogP contribution in [-0.2, 0) is 10.9 Å². The summed E-state index contributed by atoms with van der Waals surface area (Å²) in [5.74, 6) is -1.49. The largest absolute Gasteiger partial charge is 0.416 e. The van der Waals surface area contributed by atoms with Crippen LogP contribution in [0.2, 0.25) is 0 Å². The Morgan fingerprint density at radius 2 is 1.57 bits per heavy atom. The molecule has 0 aliphatic carbocycles. The average molecular weight is 677 g/mol. The van der Waals surface area contributed by atoms with Crippen LogP contribution in [0.1, 0.15) is 55.9 Å². The highest BCUT2D eigenvalue weighted by atomic mass is 19.4. The molecule has 0 atom stereocenters. The number of alkyl halides is 3. The SMILES string of the molecule is O=C(NCCOCCO)c1cccc(C(=O)Nc2ccc(N3CCCCC3)cc2C(=O)Nc2cnc(-c3cccc(C(F)(F)F)c3)cn2)c1. The Balaban J connectivity index is 1.34. The third kappa shape index (κ3) is 9.39. The highest BCUT2D eigenvalue weighted by Gasteiger charge is 2.30. The molecule has 3 aromatic carbocycles. The number of ether oxygens (including phenoxy) is 1. The van der Waals surface area contributed by atoms with Crippen molar-refractivity contribution in [2.24, 2.45) is 0 Å². The molecule has 5 rings (SSSR count). The first-order chi connectivity index (χ1) is 23.6. The summed E-state index contributed by atoms with van der Waals surface area (Å²) < 4.78 is 44.7. The molecule has 4 N–H and O–H groups in total. The number of nitrogens with zero attached hydrogens (tertiary/aromatic N) is 3. The van der Waals surface area contributed by atoms with Gasteiger partial charge >= 0.3 is 6.18 Å². The molecule has 0 radical (unpaired) electrons. The van der Waals surface area contributed by atoms with Crippen LogP contribution >= 0.6 is 0 Å². The first kappa shape index (κ1) is 35.0. The first-order valence-electron chi connectivity index (χ1n) is 15.7. The molecule has 1 fully saturated rings. The van der Waals surface area contributed by atoms with E-state index < -0.39 is 29.5 Å². The molecule has 4 aromatic rings. The Morgan fingerprint density at radius 1 is 0.816 bits per heavy atom. The van der Waals surface area contributed by atoms with Crippen LogP contribution in [0.4, 0.5) is 30.4 Å². The van der Waals surface area contributed by atoms with Crippen molar-refractivity contribution in [2.75, 3.05) is 55.0 Å². The second-order valence-corrected chi connectivity index (χ2v) is 11.2. The van der Waals surface area contributed by atoms with Crippen molar-refractivity contribution < 1.29 is 37.4 Å². The van der Waals surface area contributed by atoms with Gasteiger partial charge < -0.3 is 30.7 Å². The lowest BCUT2D eigenvalue weighted by atomic mass is 10.1. The standard InChI is InChI=1S/C35H35F3N6O5/c36-35(37,38)26-9-5-6-23(19-26)30-21-41-31(22-40-30)43-34(48)28-20-27(44-13-2-1-3-14-44)10-11-29(28)42-33(47)25-8-4-7-24(18-25)32(46)39-12-16-49-17-15-45/h4-11,18-22,45H,1-3,12-17H2,(H,39,46)(H,42,47)(H,41,43,48). The number of aliphatic hydroxyl groups is 1. The number of piperidine rings is 1. The van der Waals surface area contributed by atoms with Gasteiger partial charge in [0, 0.05) is 42.0 Å². The summed E-state index contributed by atoms with van der Waals surface area (Å²) in [6.45, 7) is 2.11. The number of benzene rings is 3. The number of halogens is 3. The molecule has 0 unspecified atom stereocenters. The predicted octanol–water partition coefficient (Wildman–Crippen LogP) is 5.40. The summed E-state index contributed by atoms with van der Waals surface area (Å²) in [4.78, 5) is 50.2. The molecule has 1 aromatic heterocycles. The molecule has 14 heteroatoms. The molecular weight excluding hydrogens is 641 g/mol. The molecule has 1 aliphatic rings. The van der Waals surface area contributed by atoms with Crippen LogP contribution in [0.15, 0.2) is 79.1 Å². The van der Waals surface area contributed by atoms with Gasteiger partial charge in [-0.15, -0.1) is 0 Å². The van der Waals surface area contributed by atoms with Gasteiger partial charge in [-0.1, -0.05) is 18.2 Å². The highest BCUT2D eigenvalue weighted by molar-refractivity contribution is 6.13. The molecule has 0 spiro atoms. The number of hydrogen-bond donors (Lipinski definition) is 4. The average Bonchev–Trinajstić information content (AvgIpc) is 3.12. The maximum absolute atomic E-state index is 13.7. The quantitative estimate of drug-likeness (QED) is 0.146. The van der Waals surface area contributed by atoms with Gasteiger partial charge in [-0.05, 0) is 67.8 Å². The number of rotatable bonds is 12. The third-order valence-corrected chi connectivity index (χ3v) is 7.75. The van der Waals surface area contributed by atoms with Gasteiger partial charge in [0.15, 0.2) is 5.82 Å². The number of anilines is 3. The van der Waals surface area contributed by atoms with Crippen molar-refractivity contribution in [3.8, 4) is 11.3 Å². The number of aliphatic hydroxyl groups excluding tert-OH is 1. The summed E-state index contributed by atoms with van der Waals surface area (Å²) in [5.41, 5.74) is 1.19. The number of hydrogen-bond acceptors (Lipinski definition) is 8. The second kappa shape index (κ2) is 16.2. The lowest BCUT2D eigenvalue weighted by Crippen LogP contribution is -2.30. The van der Waals surface area contributed by atoms with E-state index in [1.54, 1.807) is 30.3 Å². The summed E-state index contributed by atoms with van der Waals surface area (Å²) in [6.07, 6.45) is 1.13. The van der Waals surface area contributed by atoms with Crippen LogP contribution in [-0.4, -0.2) is 72.3 Å². The van der Waals surface area contributed by atoms with Gasteiger partial charge in [0.2, 0.25) is 0 Å². The molecular formula is C35H35F3N6O5. The molecule has 2 heterocycles. The normalized spacial score (nSPS) is 13.1. The van der Waals surface area contributed by atoms with E-state index in [0.29, 0.717) is 0 Å². The third-order valence-electron chi connectivity index (χ3n) is 7.75. The molecule has 256 valence electrons. The van der Waals surface area contributed by atoms with E-state index in [9.17, 15) is 27.6 Å². The smallest absolute Gasteiger partial charge is 0.394 e. The zero-order valence-electron chi connectivity index (χ0n) is 26.4. The fraction of sp³-hybridized carbons (Fsp3) is 0.286. The summed E-state index contributed by atoms with van der Waals surface area (Å²) >= 11 is 0. The fourth-order valence-electron chi connectivity index (χ4n) is 5.26. The monoisotopic (exact) mass is 676 g/mol. The minimum atomic E-state index is -4.51. The number of carbonyl (C=O) groups is 3. The maximum Gasteiger partial charge on any atom is 0.416 e. The van der Waals surface area contributed by atoms with Crippen LogP contribution in [0.5, 0.6) is 0 Å². The Kier molecular flexibility index (Phi) is 11.5. The molecule has 11 nitrogen and oxygen atoms in total. The lowest BCUT2D eigenvalue weighted by Gasteiger charge is -2.29. The van der Waals surface area contributed by atoms with E-state index in [4.69, 9.17) is 9.84 Å². The van der Waals surface area contributed by atoms with Gasteiger partial charge in [-0.3, -0.25) is 19.4 Å². The van der Waals surface area contributed by atoms with Crippen molar-refractivity contribution >= 4 is 34.9 Å². The van der Waals surface area contributed by atoms with Crippen molar-refractivity contribution in [1.82, 2.24) is 15.3 Å². The van der Waals surface area contributed by atoms with Crippen molar-refractivity contribution in [3.63, 3.8) is 0 Å². The molecule has 3 amide bonds. The maximum atomic E-state index is 13.7. The van der Waals surface area contributed by atoms with E-state index in [1.165, 1.54) is 30.6 Å². The van der Waals surface area contributed by atoms with Gasteiger partial charge in [-0.25, -0.2) is 4.98 Å². The molecule has 1 saturated heterocycles. The zero-order valence-corrected chi connectivity index (χ0v) is 26.4. The Hall–Kier alpha value is -5.34. The molecule has 49 heavy (non-hydrogen) atoms. The lowest BCUT2D eigenvalue weighted by molar-refractivity contribution is -0.137. The fourth-order valence-corrected chi connectivity index (χ4v) is 5.26. The summed E-state index contributed by atoms with van der Waals surface area (Å²) in [6, 6.07) is 16.0. The van der Waals surface area contributed by atoms with Crippen LogP contribution < -0.4 is 20.9 Å². The minimum Gasteiger partial charge on any atom is -0.394 e. The second-order valence-electron chi connectivity index (χ2n) is 11.2. The van der Waals surface area contributed by atoms with Gasteiger partial charge in [-0.2, -0.15) is 13.2 Å². The molecule has 1 aliphatic heterocycles.